The van der Waals surface area contributed by atoms with Gasteiger partial charge in [0.05, 0.1) is 6.54 Å². The van der Waals surface area contributed by atoms with Gasteiger partial charge in [-0.3, -0.25) is 9.69 Å². The zero-order valence-electron chi connectivity index (χ0n) is 19.0. The fraction of sp³-hybridized carbons (Fsp3) is 0.600. The van der Waals surface area contributed by atoms with Gasteiger partial charge in [-0.15, -0.1) is 0 Å². The number of likely N-dealkylation sites (N-methyl/N-ethyl adjacent to an activating group) is 1. The zero-order valence-corrected chi connectivity index (χ0v) is 19.0. The van der Waals surface area contributed by atoms with Crippen LogP contribution in [0.1, 0.15) is 50.4 Å². The number of likely N-dealkylation sites (tertiary alicyclic amines) is 1. The molecule has 2 aromatic rings. The molecular weight excluding hydrogens is 388 g/mol. The van der Waals surface area contributed by atoms with E-state index in [1.165, 1.54) is 12.0 Å². The number of aryl methyl sites for hydroxylation is 2. The summed E-state index contributed by atoms with van der Waals surface area (Å²) in [7, 11) is 1.96. The number of fused-ring (bicyclic) bond motifs is 2. The largest absolute Gasteiger partial charge is 0.483 e. The Labute approximate surface area is 186 Å². The number of imidazole rings is 1. The smallest absolute Gasteiger partial charge is 0.260 e. The Balaban J connectivity index is 1.45. The maximum Gasteiger partial charge on any atom is 0.260 e. The highest BCUT2D eigenvalue weighted by atomic mass is 16.5. The maximum absolute atomic E-state index is 12.9. The molecule has 0 N–H and O–H groups in total. The Hall–Kier alpha value is -2.34. The lowest BCUT2D eigenvalue weighted by Crippen LogP contribution is -2.52. The molecule has 31 heavy (non-hydrogen) atoms. The molecule has 2 atom stereocenters. The van der Waals surface area contributed by atoms with E-state index >= 15 is 0 Å². The fourth-order valence-corrected chi connectivity index (χ4v) is 5.17. The van der Waals surface area contributed by atoms with Crippen molar-refractivity contribution in [1.82, 2.24) is 19.4 Å². The second-order valence-corrected chi connectivity index (χ2v) is 9.03. The van der Waals surface area contributed by atoms with E-state index in [0.29, 0.717) is 5.92 Å². The van der Waals surface area contributed by atoms with Crippen molar-refractivity contribution < 1.29 is 9.53 Å². The molecule has 0 unspecified atom stereocenters. The van der Waals surface area contributed by atoms with Gasteiger partial charge in [-0.25, -0.2) is 4.98 Å². The third kappa shape index (κ3) is 5.29. The summed E-state index contributed by atoms with van der Waals surface area (Å²) in [5.41, 5.74) is 1.21. The highest BCUT2D eigenvalue weighted by molar-refractivity contribution is 5.78. The summed E-state index contributed by atoms with van der Waals surface area (Å²) in [6, 6.07) is 8.43. The number of nitrogens with zero attached hydrogens (tertiary/aromatic N) is 4. The molecule has 0 bridgehead atoms. The van der Waals surface area contributed by atoms with Crippen LogP contribution in [0.25, 0.3) is 0 Å². The van der Waals surface area contributed by atoms with Crippen LogP contribution in [0.5, 0.6) is 5.75 Å². The lowest BCUT2D eigenvalue weighted by atomic mass is 9.86. The lowest BCUT2D eigenvalue weighted by Gasteiger charge is -2.43. The van der Waals surface area contributed by atoms with Crippen LogP contribution in [-0.4, -0.2) is 58.0 Å². The molecule has 6 heteroatoms. The average molecular weight is 425 g/mol. The molecule has 4 rings (SSSR count). The zero-order chi connectivity index (χ0) is 21.6. The molecule has 1 aromatic heterocycles. The molecule has 3 heterocycles. The third-order valence-corrected chi connectivity index (χ3v) is 6.89. The molecule has 2 aliphatic rings. The van der Waals surface area contributed by atoms with Crippen LogP contribution >= 0.6 is 0 Å². The summed E-state index contributed by atoms with van der Waals surface area (Å²) in [5.74, 6) is 2.59. The number of hydrogen-bond donors (Lipinski definition) is 0. The molecule has 1 aromatic carbocycles. The minimum absolute atomic E-state index is 0.0808. The van der Waals surface area contributed by atoms with Gasteiger partial charge in [-0.2, -0.15) is 0 Å². The predicted octanol–water partition coefficient (Wildman–Crippen LogP) is 3.75. The van der Waals surface area contributed by atoms with Gasteiger partial charge in [0.2, 0.25) is 0 Å². The first-order valence-electron chi connectivity index (χ1n) is 11.8. The van der Waals surface area contributed by atoms with Crippen LogP contribution in [0.15, 0.2) is 36.7 Å². The summed E-state index contributed by atoms with van der Waals surface area (Å²) in [6.45, 7) is 6.27. The highest BCUT2D eigenvalue weighted by Gasteiger charge is 2.34. The van der Waals surface area contributed by atoms with Crippen LogP contribution in [0.2, 0.25) is 0 Å². The molecule has 168 valence electrons. The van der Waals surface area contributed by atoms with Gasteiger partial charge in [-0.05, 0) is 49.7 Å². The SMILES string of the molecule is CCCn1ccnc1CN1CC[C@@H]2[C@@H](CCCCc3ccccc3OCC(=O)N2C)C1. The summed E-state index contributed by atoms with van der Waals surface area (Å²) < 4.78 is 8.21. The first-order chi connectivity index (χ1) is 15.2. The molecule has 0 saturated carbocycles. The lowest BCUT2D eigenvalue weighted by molar-refractivity contribution is -0.136. The molecule has 1 amide bonds. The van der Waals surface area contributed by atoms with Crippen LogP contribution in [0, 0.1) is 5.92 Å². The van der Waals surface area contributed by atoms with Gasteiger partial charge < -0.3 is 14.2 Å². The molecule has 6 nitrogen and oxygen atoms in total. The van der Waals surface area contributed by atoms with E-state index in [4.69, 9.17) is 4.74 Å². The number of amides is 1. The third-order valence-electron chi connectivity index (χ3n) is 6.89. The van der Waals surface area contributed by atoms with E-state index in [9.17, 15) is 4.79 Å². The number of hydrogen-bond acceptors (Lipinski definition) is 4. The van der Waals surface area contributed by atoms with E-state index in [1.54, 1.807) is 0 Å². The van der Waals surface area contributed by atoms with Crippen molar-refractivity contribution in [2.75, 3.05) is 26.7 Å². The number of piperidine rings is 1. The topological polar surface area (TPSA) is 50.6 Å². The maximum atomic E-state index is 12.9. The van der Waals surface area contributed by atoms with Crippen molar-refractivity contribution in [2.24, 2.45) is 5.92 Å². The Bertz CT molecular complexity index is 865. The fourth-order valence-electron chi connectivity index (χ4n) is 5.17. The summed E-state index contributed by atoms with van der Waals surface area (Å²) in [6.07, 6.45) is 10.6. The standard InChI is InChI=1S/C25H36N4O2/c1-3-14-29-16-13-26-24(29)18-28-15-12-22-21(17-28)10-5-4-8-20-9-6-7-11-23(20)31-19-25(30)27(22)2/h6-7,9,11,13,16,21-22H,3-5,8,10,12,14-15,17-19H2,1-2H3/t21-,22+/m0/s1. The van der Waals surface area contributed by atoms with Gasteiger partial charge in [-0.1, -0.05) is 31.5 Å². The monoisotopic (exact) mass is 424 g/mol. The van der Waals surface area contributed by atoms with E-state index in [-0.39, 0.29) is 18.6 Å². The van der Waals surface area contributed by atoms with E-state index in [1.807, 2.05) is 30.3 Å². The average Bonchev–Trinajstić information content (AvgIpc) is 3.21. The predicted molar refractivity (Wildman–Crippen MR) is 122 cm³/mol. The summed E-state index contributed by atoms with van der Waals surface area (Å²) in [4.78, 5) is 22.0. The molecule has 2 aliphatic heterocycles. The van der Waals surface area contributed by atoms with Gasteiger partial charge >= 0.3 is 0 Å². The summed E-state index contributed by atoms with van der Waals surface area (Å²) >= 11 is 0. The van der Waals surface area contributed by atoms with Crippen molar-refractivity contribution in [2.45, 2.75) is 64.6 Å². The van der Waals surface area contributed by atoms with Gasteiger partial charge in [0.15, 0.2) is 6.61 Å². The quantitative estimate of drug-likeness (QED) is 0.750. The van der Waals surface area contributed by atoms with Crippen molar-refractivity contribution in [3.05, 3.63) is 48.0 Å². The number of ether oxygens (including phenoxy) is 1. The van der Waals surface area contributed by atoms with Crippen LogP contribution < -0.4 is 4.74 Å². The van der Waals surface area contributed by atoms with E-state index < -0.39 is 0 Å². The van der Waals surface area contributed by atoms with E-state index in [2.05, 4.69) is 39.7 Å². The second kappa shape index (κ2) is 10.3. The minimum Gasteiger partial charge on any atom is -0.483 e. The highest BCUT2D eigenvalue weighted by Crippen LogP contribution is 2.29. The molecule has 1 fully saturated rings. The first-order valence-corrected chi connectivity index (χ1v) is 11.8. The number of rotatable bonds is 4. The molecule has 1 saturated heterocycles. The van der Waals surface area contributed by atoms with E-state index in [0.717, 1.165) is 69.9 Å². The Kier molecular flexibility index (Phi) is 7.28. The molecular formula is C25H36N4O2. The normalized spacial score (nSPS) is 23.3. The number of para-hydroxylation sites is 1. The van der Waals surface area contributed by atoms with Crippen molar-refractivity contribution in [3.63, 3.8) is 0 Å². The van der Waals surface area contributed by atoms with Gasteiger partial charge in [0.25, 0.3) is 5.91 Å². The van der Waals surface area contributed by atoms with Gasteiger partial charge in [0.1, 0.15) is 11.6 Å². The molecule has 0 spiro atoms. The van der Waals surface area contributed by atoms with Crippen LogP contribution in [-0.2, 0) is 24.3 Å². The second-order valence-electron chi connectivity index (χ2n) is 9.03. The Morgan fingerprint density at radius 1 is 1.19 bits per heavy atom. The Morgan fingerprint density at radius 2 is 2.06 bits per heavy atom. The van der Waals surface area contributed by atoms with Crippen LogP contribution in [0.4, 0.5) is 0 Å². The minimum atomic E-state index is 0.0808. The van der Waals surface area contributed by atoms with Crippen molar-refractivity contribution in [3.8, 4) is 5.75 Å². The molecule has 0 radical (unpaired) electrons. The van der Waals surface area contributed by atoms with Crippen LogP contribution in [0.3, 0.4) is 0 Å². The number of benzene rings is 1. The Morgan fingerprint density at radius 3 is 2.94 bits per heavy atom. The number of carbonyl (C=O) groups is 1. The van der Waals surface area contributed by atoms with Gasteiger partial charge in [0, 0.05) is 45.1 Å². The molecule has 0 aliphatic carbocycles. The van der Waals surface area contributed by atoms with Crippen molar-refractivity contribution in [1.29, 1.82) is 0 Å². The summed E-state index contributed by atoms with van der Waals surface area (Å²) in [5, 5.41) is 0. The number of carbonyl (C=O) groups excluding carboxylic acids is 1. The first kappa shape index (κ1) is 21.9. The number of aromatic nitrogens is 2. The van der Waals surface area contributed by atoms with Crippen molar-refractivity contribution >= 4 is 5.91 Å².